The molecule has 5 nitrogen and oxygen atoms in total. The van der Waals surface area contributed by atoms with Crippen LogP contribution in [0.4, 0.5) is 0 Å². The molecule has 0 radical (unpaired) electrons. The van der Waals surface area contributed by atoms with Gasteiger partial charge in [0.2, 0.25) is 11.8 Å². The predicted octanol–water partition coefficient (Wildman–Crippen LogP) is 4.08. The molecule has 0 atom stereocenters. The largest absolute Gasteiger partial charge is 0.347 e. The van der Waals surface area contributed by atoms with Crippen LogP contribution in [0.1, 0.15) is 30.7 Å². The maximum atomic E-state index is 12.5. The number of amides is 2. The molecule has 0 spiro atoms. The van der Waals surface area contributed by atoms with E-state index in [1.165, 1.54) is 16.9 Å². The van der Waals surface area contributed by atoms with Crippen molar-refractivity contribution in [2.45, 2.75) is 33.2 Å². The summed E-state index contributed by atoms with van der Waals surface area (Å²) in [7, 11) is 0. The van der Waals surface area contributed by atoms with Crippen LogP contribution in [0.25, 0.3) is 10.6 Å². The van der Waals surface area contributed by atoms with Gasteiger partial charge in [0.1, 0.15) is 5.01 Å². The van der Waals surface area contributed by atoms with E-state index >= 15 is 0 Å². The van der Waals surface area contributed by atoms with E-state index in [1.807, 2.05) is 42.6 Å². The second-order valence-electron chi connectivity index (χ2n) is 7.04. The van der Waals surface area contributed by atoms with Crippen molar-refractivity contribution < 1.29 is 9.59 Å². The molecule has 3 aromatic rings. The van der Waals surface area contributed by atoms with Gasteiger partial charge in [-0.2, -0.15) is 0 Å². The second-order valence-corrected chi connectivity index (χ2v) is 7.90. The first-order valence-electron chi connectivity index (χ1n) is 10.2. The summed E-state index contributed by atoms with van der Waals surface area (Å²) in [6.07, 6.45) is 1.17. The minimum absolute atomic E-state index is 0.00498. The lowest BCUT2D eigenvalue weighted by molar-refractivity contribution is -0.133. The molecule has 2 aromatic carbocycles. The highest BCUT2D eigenvalue weighted by atomic mass is 32.1. The number of aryl methyl sites for hydroxylation is 1. The lowest BCUT2D eigenvalue weighted by Gasteiger charge is -2.21. The van der Waals surface area contributed by atoms with Crippen molar-refractivity contribution >= 4 is 23.2 Å². The number of nitrogens with one attached hydrogen (secondary N) is 1. The van der Waals surface area contributed by atoms with E-state index in [0.717, 1.165) is 28.2 Å². The molecule has 0 aliphatic rings. The van der Waals surface area contributed by atoms with Crippen molar-refractivity contribution in [2.75, 3.05) is 13.1 Å². The summed E-state index contributed by atoms with van der Waals surface area (Å²) < 4.78 is 0. The molecule has 0 fully saturated rings. The third-order valence-corrected chi connectivity index (χ3v) is 5.83. The Morgan fingerprint density at radius 2 is 1.73 bits per heavy atom. The standard InChI is InChI=1S/C24H27N3O2S/c1-3-18-10-12-20(13-11-18)24-26-21(17-30-24)14-22(28)25-15-23(29)27(4-2)16-19-8-6-5-7-9-19/h5-13,17H,3-4,14-16H2,1-2H3,(H,25,28). The van der Waals surface area contributed by atoms with Gasteiger partial charge in [0.05, 0.1) is 18.7 Å². The fourth-order valence-corrected chi connectivity index (χ4v) is 3.92. The summed E-state index contributed by atoms with van der Waals surface area (Å²) in [5.41, 5.74) is 4.13. The lowest BCUT2D eigenvalue weighted by atomic mass is 10.1. The number of carbonyl (C=O) groups is 2. The molecule has 1 heterocycles. The van der Waals surface area contributed by atoms with E-state index in [-0.39, 0.29) is 24.8 Å². The van der Waals surface area contributed by atoms with Crippen LogP contribution in [-0.4, -0.2) is 34.8 Å². The van der Waals surface area contributed by atoms with Crippen LogP contribution in [0.2, 0.25) is 0 Å². The molecule has 0 saturated heterocycles. The van der Waals surface area contributed by atoms with E-state index in [2.05, 4.69) is 41.5 Å². The highest BCUT2D eigenvalue weighted by Crippen LogP contribution is 2.24. The van der Waals surface area contributed by atoms with E-state index in [4.69, 9.17) is 0 Å². The summed E-state index contributed by atoms with van der Waals surface area (Å²) >= 11 is 1.53. The lowest BCUT2D eigenvalue weighted by Crippen LogP contribution is -2.40. The summed E-state index contributed by atoms with van der Waals surface area (Å²) in [5, 5.41) is 5.53. The van der Waals surface area contributed by atoms with Gasteiger partial charge in [-0.25, -0.2) is 4.98 Å². The molecule has 0 saturated carbocycles. The van der Waals surface area contributed by atoms with Crippen molar-refractivity contribution in [3.8, 4) is 10.6 Å². The Morgan fingerprint density at radius 1 is 1.00 bits per heavy atom. The molecule has 0 aliphatic carbocycles. The molecule has 1 aromatic heterocycles. The minimum atomic E-state index is -0.197. The number of aromatic nitrogens is 1. The van der Waals surface area contributed by atoms with Gasteiger partial charge in [-0.1, -0.05) is 61.5 Å². The monoisotopic (exact) mass is 421 g/mol. The molecular weight excluding hydrogens is 394 g/mol. The van der Waals surface area contributed by atoms with E-state index in [9.17, 15) is 9.59 Å². The van der Waals surface area contributed by atoms with Crippen LogP contribution in [0, 0.1) is 0 Å². The first-order chi connectivity index (χ1) is 14.6. The average Bonchev–Trinajstić information content (AvgIpc) is 3.25. The Labute approximate surface area is 181 Å². The number of hydrogen-bond acceptors (Lipinski definition) is 4. The van der Waals surface area contributed by atoms with Crippen LogP contribution >= 0.6 is 11.3 Å². The zero-order valence-corrected chi connectivity index (χ0v) is 18.2. The van der Waals surface area contributed by atoms with Gasteiger partial charge in [0.25, 0.3) is 0 Å². The van der Waals surface area contributed by atoms with Crippen molar-refractivity contribution in [1.29, 1.82) is 0 Å². The Bertz CT molecular complexity index is 968. The molecule has 0 bridgehead atoms. The number of benzene rings is 2. The molecule has 3 rings (SSSR count). The molecule has 2 amide bonds. The molecule has 1 N–H and O–H groups in total. The normalized spacial score (nSPS) is 10.6. The number of nitrogens with zero attached hydrogens (tertiary/aromatic N) is 2. The minimum Gasteiger partial charge on any atom is -0.347 e. The molecule has 6 heteroatoms. The highest BCUT2D eigenvalue weighted by Gasteiger charge is 2.14. The Hall–Kier alpha value is -2.99. The van der Waals surface area contributed by atoms with Gasteiger partial charge < -0.3 is 10.2 Å². The molecule has 30 heavy (non-hydrogen) atoms. The van der Waals surface area contributed by atoms with E-state index in [1.54, 1.807) is 4.90 Å². The number of rotatable bonds is 9. The van der Waals surface area contributed by atoms with Crippen LogP contribution in [0.3, 0.4) is 0 Å². The summed E-state index contributed by atoms with van der Waals surface area (Å²) in [6.45, 7) is 5.19. The summed E-state index contributed by atoms with van der Waals surface area (Å²) in [4.78, 5) is 31.1. The Morgan fingerprint density at radius 3 is 2.40 bits per heavy atom. The third kappa shape index (κ3) is 6.00. The molecule has 0 unspecified atom stereocenters. The average molecular weight is 422 g/mol. The van der Waals surface area contributed by atoms with Gasteiger partial charge in [-0.15, -0.1) is 11.3 Å². The molecule has 156 valence electrons. The zero-order valence-electron chi connectivity index (χ0n) is 17.4. The smallest absolute Gasteiger partial charge is 0.242 e. The van der Waals surface area contributed by atoms with Gasteiger partial charge in [-0.05, 0) is 24.5 Å². The predicted molar refractivity (Wildman–Crippen MR) is 121 cm³/mol. The quantitative estimate of drug-likeness (QED) is 0.566. The number of thiazole rings is 1. The van der Waals surface area contributed by atoms with Gasteiger partial charge in [-0.3, -0.25) is 9.59 Å². The van der Waals surface area contributed by atoms with Crippen LogP contribution < -0.4 is 5.32 Å². The Balaban J connectivity index is 1.50. The maximum absolute atomic E-state index is 12.5. The van der Waals surface area contributed by atoms with Gasteiger partial charge in [0, 0.05) is 24.0 Å². The number of hydrogen-bond donors (Lipinski definition) is 1. The first-order valence-corrected chi connectivity index (χ1v) is 11.1. The second kappa shape index (κ2) is 10.7. The zero-order chi connectivity index (χ0) is 21.3. The molecule has 0 aliphatic heterocycles. The van der Waals surface area contributed by atoms with E-state index < -0.39 is 0 Å². The van der Waals surface area contributed by atoms with Crippen molar-refractivity contribution in [1.82, 2.24) is 15.2 Å². The number of carbonyl (C=O) groups excluding carboxylic acids is 2. The van der Waals surface area contributed by atoms with Gasteiger partial charge >= 0.3 is 0 Å². The molecular formula is C24H27N3O2S. The maximum Gasteiger partial charge on any atom is 0.242 e. The third-order valence-electron chi connectivity index (χ3n) is 4.89. The van der Waals surface area contributed by atoms with Crippen molar-refractivity contribution in [3.05, 3.63) is 76.8 Å². The number of likely N-dealkylation sites (N-methyl/N-ethyl adjacent to an activating group) is 1. The van der Waals surface area contributed by atoms with Crippen LogP contribution in [0.15, 0.2) is 60.0 Å². The summed E-state index contributed by atoms with van der Waals surface area (Å²) in [5.74, 6) is -0.290. The first kappa shape index (κ1) is 21.7. The topological polar surface area (TPSA) is 62.3 Å². The summed E-state index contributed by atoms with van der Waals surface area (Å²) in [6, 6.07) is 18.2. The van der Waals surface area contributed by atoms with Crippen molar-refractivity contribution in [2.24, 2.45) is 0 Å². The fraction of sp³-hybridized carbons (Fsp3) is 0.292. The van der Waals surface area contributed by atoms with Gasteiger partial charge in [0.15, 0.2) is 0 Å². The van der Waals surface area contributed by atoms with E-state index in [0.29, 0.717) is 13.1 Å². The SMILES string of the molecule is CCc1ccc(-c2nc(CC(=O)NCC(=O)N(CC)Cc3ccccc3)cs2)cc1. The van der Waals surface area contributed by atoms with Crippen LogP contribution in [0.5, 0.6) is 0 Å². The van der Waals surface area contributed by atoms with Crippen molar-refractivity contribution in [3.63, 3.8) is 0 Å². The fourth-order valence-electron chi connectivity index (χ4n) is 3.10. The Kier molecular flexibility index (Phi) is 7.74. The van der Waals surface area contributed by atoms with Crippen LogP contribution in [-0.2, 0) is 29.0 Å². The highest BCUT2D eigenvalue weighted by molar-refractivity contribution is 7.13.